The van der Waals surface area contributed by atoms with Gasteiger partial charge in [0, 0.05) is 6.20 Å². The fraction of sp³-hybridized carbons (Fsp3) is 0.143. The Kier molecular flexibility index (Phi) is 5.00. The molecule has 0 saturated carbocycles. The molecule has 0 spiro atoms. The molecular weight excluding hydrogens is 405 g/mol. The number of methoxy groups -OCH3 is 1. The van der Waals surface area contributed by atoms with E-state index >= 15 is 0 Å². The molecule has 30 heavy (non-hydrogen) atoms. The Morgan fingerprint density at radius 2 is 1.97 bits per heavy atom. The van der Waals surface area contributed by atoms with Gasteiger partial charge in [0.05, 0.1) is 51.2 Å². The van der Waals surface area contributed by atoms with Gasteiger partial charge in [-0.1, -0.05) is 30.3 Å². The monoisotopic (exact) mass is 425 g/mol. The van der Waals surface area contributed by atoms with Crippen LogP contribution in [0, 0.1) is 12.7 Å². The number of nitrogens with zero attached hydrogens (tertiary/aromatic N) is 4. The van der Waals surface area contributed by atoms with Gasteiger partial charge in [0.25, 0.3) is 0 Å². The van der Waals surface area contributed by atoms with E-state index in [1.807, 2.05) is 41.8 Å². The second-order valence-corrected chi connectivity index (χ2v) is 8.74. The highest BCUT2D eigenvalue weighted by atomic mass is 32.2. The molecule has 154 valence electrons. The number of aryl methyl sites for hydroxylation is 1. The van der Waals surface area contributed by atoms with Crippen LogP contribution in [0.1, 0.15) is 11.5 Å². The van der Waals surface area contributed by atoms with E-state index in [1.54, 1.807) is 13.3 Å². The number of aromatic nitrogens is 4. The van der Waals surface area contributed by atoms with Crippen molar-refractivity contribution in [1.82, 2.24) is 19.5 Å². The first-order chi connectivity index (χ1) is 14.3. The number of rotatable bonds is 5. The summed E-state index contributed by atoms with van der Waals surface area (Å²) >= 11 is 0. The maximum absolute atomic E-state index is 14.7. The van der Waals surface area contributed by atoms with Gasteiger partial charge in [-0.3, -0.25) is 10.1 Å². The fourth-order valence-electron chi connectivity index (χ4n) is 3.34. The van der Waals surface area contributed by atoms with Crippen molar-refractivity contribution in [3.05, 3.63) is 66.1 Å². The Balaban J connectivity index is 1.91. The molecule has 0 aliphatic rings. The maximum Gasteiger partial charge on any atom is 0.223 e. The van der Waals surface area contributed by atoms with Gasteiger partial charge in [-0.15, -0.1) is 0 Å². The minimum Gasteiger partial charge on any atom is -0.480 e. The van der Waals surface area contributed by atoms with E-state index in [-0.39, 0.29) is 17.1 Å². The van der Waals surface area contributed by atoms with Crippen molar-refractivity contribution < 1.29 is 13.3 Å². The molecule has 0 fully saturated rings. The lowest BCUT2D eigenvalue weighted by Gasteiger charge is -2.13. The number of nitrogens with two attached hydrogens (primary N) is 1. The van der Waals surface area contributed by atoms with Crippen molar-refractivity contribution in [2.75, 3.05) is 7.11 Å². The number of pyridine rings is 2. The summed E-state index contributed by atoms with van der Waals surface area (Å²) in [4.78, 5) is 13.2. The van der Waals surface area contributed by atoms with Crippen molar-refractivity contribution in [2.45, 2.75) is 18.4 Å². The van der Waals surface area contributed by atoms with Gasteiger partial charge in [-0.2, -0.15) is 0 Å². The van der Waals surface area contributed by atoms with Crippen LogP contribution < -0.4 is 9.88 Å². The van der Waals surface area contributed by atoms with Gasteiger partial charge < -0.3 is 9.30 Å². The number of hydrogen-bond donors (Lipinski definition) is 1. The molecule has 0 aliphatic carbocycles. The van der Waals surface area contributed by atoms with E-state index in [0.717, 1.165) is 22.7 Å². The van der Waals surface area contributed by atoms with Gasteiger partial charge in [0.15, 0.2) is 0 Å². The van der Waals surface area contributed by atoms with Crippen LogP contribution in [0.4, 0.5) is 4.39 Å². The van der Waals surface area contributed by atoms with Gasteiger partial charge in [-0.05, 0) is 24.4 Å². The molecule has 0 saturated heterocycles. The lowest BCUT2D eigenvalue weighted by atomic mass is 10.1. The van der Waals surface area contributed by atoms with Crippen LogP contribution in [0.15, 0.2) is 53.7 Å². The number of benzene rings is 1. The summed E-state index contributed by atoms with van der Waals surface area (Å²) in [5.74, 6) is 3.87. The highest BCUT2D eigenvalue weighted by Gasteiger charge is 2.20. The second kappa shape index (κ2) is 7.51. The zero-order valence-corrected chi connectivity index (χ0v) is 17.3. The summed E-state index contributed by atoms with van der Waals surface area (Å²) < 4.78 is 34.0. The summed E-state index contributed by atoms with van der Waals surface area (Å²) in [6.45, 7) is 1.94. The summed E-state index contributed by atoms with van der Waals surface area (Å²) in [6, 6.07) is 10.8. The van der Waals surface area contributed by atoms with Crippen molar-refractivity contribution >= 4 is 26.6 Å². The summed E-state index contributed by atoms with van der Waals surface area (Å²) in [5.41, 5.74) is 3.25. The third kappa shape index (κ3) is 3.53. The fourth-order valence-corrected chi connectivity index (χ4v) is 3.88. The van der Waals surface area contributed by atoms with Crippen LogP contribution in [0.3, 0.4) is 0 Å². The van der Waals surface area contributed by atoms with E-state index in [2.05, 4.69) is 20.8 Å². The average Bonchev–Trinajstić information content (AvgIpc) is 3.03. The predicted molar refractivity (Wildman–Crippen MR) is 115 cm³/mol. The first kappa shape index (κ1) is 20.0. The van der Waals surface area contributed by atoms with Gasteiger partial charge in [-0.25, -0.2) is 18.6 Å². The quantitative estimate of drug-likeness (QED) is 0.496. The molecule has 2 N–H and O–H groups in total. The van der Waals surface area contributed by atoms with Gasteiger partial charge >= 0.3 is 0 Å². The van der Waals surface area contributed by atoms with E-state index in [0.29, 0.717) is 17.2 Å². The van der Waals surface area contributed by atoms with Crippen LogP contribution in [-0.4, -0.2) is 36.7 Å². The molecule has 9 heteroatoms. The first-order valence-electron chi connectivity index (χ1n) is 9.04. The Labute approximate surface area is 173 Å². The lowest BCUT2D eigenvalue weighted by Crippen LogP contribution is -2.14. The highest BCUT2D eigenvalue weighted by molar-refractivity contribution is 7.98. The van der Waals surface area contributed by atoms with Gasteiger partial charge in [0.2, 0.25) is 5.88 Å². The summed E-state index contributed by atoms with van der Waals surface area (Å²) in [6.07, 6.45) is 2.92. The summed E-state index contributed by atoms with van der Waals surface area (Å²) in [5, 5.41) is 5.50. The molecule has 4 aromatic rings. The minimum absolute atomic E-state index is 0.0619. The Morgan fingerprint density at radius 1 is 1.23 bits per heavy atom. The molecule has 0 radical (unpaired) electrons. The van der Waals surface area contributed by atoms with Crippen LogP contribution in [0.25, 0.3) is 22.2 Å². The van der Waals surface area contributed by atoms with Crippen LogP contribution in [0.2, 0.25) is 0 Å². The minimum atomic E-state index is -3.05. The topological polar surface area (TPSA) is 95.9 Å². The van der Waals surface area contributed by atoms with E-state index in [1.165, 1.54) is 6.20 Å². The van der Waals surface area contributed by atoms with Crippen molar-refractivity contribution in [2.24, 2.45) is 5.14 Å². The Hall–Kier alpha value is -3.30. The van der Waals surface area contributed by atoms with Crippen molar-refractivity contribution in [3.8, 4) is 17.0 Å². The normalized spacial score (nSPS) is 13.3. The molecule has 0 bridgehead atoms. The SMILES string of the molecule is C=S(N)(=O)c1cnc(Cn2c(C)nc3cnc(OC)c(-c4ccccc4)c32)c(F)c1. The highest BCUT2D eigenvalue weighted by Crippen LogP contribution is 2.36. The zero-order chi connectivity index (χ0) is 21.5. The Morgan fingerprint density at radius 3 is 2.60 bits per heavy atom. The smallest absolute Gasteiger partial charge is 0.223 e. The number of hydrogen-bond acceptors (Lipinski definition) is 5. The number of imidazole rings is 1. The van der Waals surface area contributed by atoms with Gasteiger partial charge in [0.1, 0.15) is 17.2 Å². The molecule has 3 aromatic heterocycles. The van der Waals surface area contributed by atoms with Crippen molar-refractivity contribution in [1.29, 1.82) is 0 Å². The number of halogens is 1. The van der Waals surface area contributed by atoms with Crippen LogP contribution in [0.5, 0.6) is 5.88 Å². The van der Waals surface area contributed by atoms with Crippen LogP contribution in [-0.2, 0) is 16.3 Å². The molecule has 1 unspecified atom stereocenters. The maximum atomic E-state index is 14.7. The standard InChI is InChI=1S/C21H20FN5O2S/c1-13-26-17-11-25-21(29-2)19(14-7-5-4-6-8-14)20(17)27(13)12-18-16(22)9-15(10-24-18)30(3,23)28/h4-11H,3,12H2,1-2H3,(H2,23,28). The lowest BCUT2D eigenvalue weighted by molar-refractivity contribution is 0.400. The third-order valence-corrected chi connectivity index (χ3v) is 5.82. The first-order valence-corrected chi connectivity index (χ1v) is 10.8. The second-order valence-electron chi connectivity index (χ2n) is 6.81. The average molecular weight is 425 g/mol. The number of fused-ring (bicyclic) bond motifs is 1. The van der Waals surface area contributed by atoms with E-state index < -0.39 is 15.5 Å². The van der Waals surface area contributed by atoms with Crippen LogP contribution >= 0.6 is 0 Å². The predicted octanol–water partition coefficient (Wildman–Crippen LogP) is 2.95. The largest absolute Gasteiger partial charge is 0.480 e. The zero-order valence-electron chi connectivity index (χ0n) is 16.5. The molecular formula is C21H20FN5O2S. The molecule has 0 amide bonds. The van der Waals surface area contributed by atoms with E-state index in [4.69, 9.17) is 9.88 Å². The Bertz CT molecular complexity index is 1350. The van der Waals surface area contributed by atoms with Crippen molar-refractivity contribution in [3.63, 3.8) is 0 Å². The molecule has 7 nitrogen and oxygen atoms in total. The molecule has 3 heterocycles. The summed E-state index contributed by atoms with van der Waals surface area (Å²) in [7, 11) is -1.49. The molecule has 1 aromatic carbocycles. The number of ether oxygens (including phenoxy) is 1. The molecule has 1 atom stereocenters. The molecule has 4 rings (SSSR count). The van der Waals surface area contributed by atoms with E-state index in [9.17, 15) is 8.60 Å². The molecule has 0 aliphatic heterocycles. The third-order valence-electron chi connectivity index (χ3n) is 4.80.